The fraction of sp³-hybridized carbons (Fsp3) is 0.143. The van der Waals surface area contributed by atoms with Gasteiger partial charge in [0.05, 0.1) is 0 Å². The first-order valence-corrected chi connectivity index (χ1v) is 5.23. The Labute approximate surface area is 93.5 Å². The van der Waals surface area contributed by atoms with E-state index in [1.807, 2.05) is 30.3 Å². The molecule has 0 aliphatic heterocycles. The van der Waals surface area contributed by atoms with Crippen molar-refractivity contribution in [3.8, 4) is 0 Å². The minimum Gasteiger partial charge on any atom is -0.207 e. The predicted octanol–water partition coefficient (Wildman–Crippen LogP) is 3.75. The van der Waals surface area contributed by atoms with Gasteiger partial charge in [0.1, 0.15) is 11.6 Å². The van der Waals surface area contributed by atoms with Gasteiger partial charge in [-0.25, -0.2) is 8.78 Å². The van der Waals surface area contributed by atoms with Gasteiger partial charge in [-0.1, -0.05) is 36.4 Å². The van der Waals surface area contributed by atoms with Crippen molar-refractivity contribution < 1.29 is 8.78 Å². The van der Waals surface area contributed by atoms with Crippen molar-refractivity contribution >= 4 is 0 Å². The molecule has 0 atom stereocenters. The van der Waals surface area contributed by atoms with Crippen LogP contribution in [0.2, 0.25) is 0 Å². The summed E-state index contributed by atoms with van der Waals surface area (Å²) >= 11 is 0. The monoisotopic (exact) mass is 218 g/mol. The van der Waals surface area contributed by atoms with Gasteiger partial charge >= 0.3 is 0 Å². The van der Waals surface area contributed by atoms with Crippen molar-refractivity contribution in [3.05, 3.63) is 71.3 Å². The van der Waals surface area contributed by atoms with Crippen LogP contribution in [-0.2, 0) is 12.8 Å². The molecule has 16 heavy (non-hydrogen) atoms. The van der Waals surface area contributed by atoms with Gasteiger partial charge in [0.15, 0.2) is 0 Å². The summed E-state index contributed by atoms with van der Waals surface area (Å²) < 4.78 is 26.0. The molecule has 2 aromatic rings. The molecule has 0 nitrogen and oxygen atoms in total. The van der Waals surface area contributed by atoms with E-state index in [0.717, 1.165) is 18.1 Å². The zero-order chi connectivity index (χ0) is 11.4. The maximum atomic E-state index is 13.3. The number of hydrogen-bond acceptors (Lipinski definition) is 0. The highest BCUT2D eigenvalue weighted by molar-refractivity contribution is 5.21. The van der Waals surface area contributed by atoms with Gasteiger partial charge in [-0.3, -0.25) is 0 Å². The van der Waals surface area contributed by atoms with E-state index in [1.165, 1.54) is 12.1 Å². The molecule has 0 spiro atoms. The fourth-order valence-corrected chi connectivity index (χ4v) is 1.65. The Morgan fingerprint density at radius 3 is 2.25 bits per heavy atom. The minimum atomic E-state index is -0.527. The molecule has 0 saturated heterocycles. The highest BCUT2D eigenvalue weighted by Crippen LogP contribution is 2.12. The number of rotatable bonds is 3. The van der Waals surface area contributed by atoms with Crippen molar-refractivity contribution in [3.63, 3.8) is 0 Å². The predicted molar refractivity (Wildman–Crippen MR) is 60.2 cm³/mol. The van der Waals surface area contributed by atoms with Crippen LogP contribution < -0.4 is 0 Å². The van der Waals surface area contributed by atoms with E-state index in [0.29, 0.717) is 12.0 Å². The summed E-state index contributed by atoms with van der Waals surface area (Å²) in [6.45, 7) is 0. The summed E-state index contributed by atoms with van der Waals surface area (Å²) in [5.74, 6) is -0.989. The molecule has 0 radical (unpaired) electrons. The van der Waals surface area contributed by atoms with Crippen molar-refractivity contribution in [2.75, 3.05) is 0 Å². The first-order valence-electron chi connectivity index (χ1n) is 5.23. The van der Waals surface area contributed by atoms with Crippen molar-refractivity contribution in [1.82, 2.24) is 0 Å². The normalized spacial score (nSPS) is 10.4. The van der Waals surface area contributed by atoms with E-state index in [9.17, 15) is 8.78 Å². The Morgan fingerprint density at radius 2 is 1.56 bits per heavy atom. The third-order valence-electron chi connectivity index (χ3n) is 2.54. The summed E-state index contributed by atoms with van der Waals surface area (Å²) in [5, 5.41) is 0. The minimum absolute atomic E-state index is 0.462. The molecule has 0 aromatic heterocycles. The largest absolute Gasteiger partial charge is 0.207 e. The van der Waals surface area contributed by atoms with Crippen LogP contribution in [0.25, 0.3) is 0 Å². The molecule has 0 unspecified atom stereocenters. The van der Waals surface area contributed by atoms with Crippen LogP contribution in [0.1, 0.15) is 11.1 Å². The van der Waals surface area contributed by atoms with Crippen molar-refractivity contribution in [2.24, 2.45) is 0 Å². The zero-order valence-corrected chi connectivity index (χ0v) is 8.79. The number of aryl methyl sites for hydroxylation is 2. The van der Waals surface area contributed by atoms with E-state index in [1.54, 1.807) is 0 Å². The molecule has 2 rings (SSSR count). The Kier molecular flexibility index (Phi) is 3.30. The van der Waals surface area contributed by atoms with Crippen LogP contribution in [0, 0.1) is 11.6 Å². The smallest absolute Gasteiger partial charge is 0.129 e. The summed E-state index contributed by atoms with van der Waals surface area (Å²) in [4.78, 5) is 0. The van der Waals surface area contributed by atoms with Crippen LogP contribution in [0.3, 0.4) is 0 Å². The lowest BCUT2D eigenvalue weighted by Crippen LogP contribution is -1.95. The molecule has 0 aliphatic carbocycles. The van der Waals surface area contributed by atoms with Gasteiger partial charge < -0.3 is 0 Å². The standard InChI is InChI=1S/C14H12F2/c15-13-9-8-12(14(16)10-13)7-6-11-4-2-1-3-5-11/h1-5,8-10H,6-7H2. The highest BCUT2D eigenvalue weighted by atomic mass is 19.1. The molecule has 0 aliphatic rings. The van der Waals surface area contributed by atoms with Gasteiger partial charge in [-0.2, -0.15) is 0 Å². The maximum absolute atomic E-state index is 13.3. The third kappa shape index (κ3) is 2.66. The molecule has 0 heterocycles. The van der Waals surface area contributed by atoms with Gasteiger partial charge in [-0.05, 0) is 30.0 Å². The van der Waals surface area contributed by atoms with Crippen molar-refractivity contribution in [1.29, 1.82) is 0 Å². The highest BCUT2D eigenvalue weighted by Gasteiger charge is 2.03. The topological polar surface area (TPSA) is 0 Å². The number of halogens is 2. The summed E-state index contributed by atoms with van der Waals surface area (Å²) in [5.41, 5.74) is 1.72. The third-order valence-corrected chi connectivity index (χ3v) is 2.54. The summed E-state index contributed by atoms with van der Waals surface area (Å²) in [7, 11) is 0. The van der Waals surface area contributed by atoms with Gasteiger partial charge in [0.2, 0.25) is 0 Å². The molecular weight excluding hydrogens is 206 g/mol. The maximum Gasteiger partial charge on any atom is 0.129 e. The molecule has 0 fully saturated rings. The zero-order valence-electron chi connectivity index (χ0n) is 8.79. The average molecular weight is 218 g/mol. The van der Waals surface area contributed by atoms with Crippen LogP contribution in [0.5, 0.6) is 0 Å². The van der Waals surface area contributed by atoms with Crippen LogP contribution in [0.15, 0.2) is 48.5 Å². The molecule has 0 bridgehead atoms. The number of benzene rings is 2. The second kappa shape index (κ2) is 4.88. The Balaban J connectivity index is 2.05. The second-order valence-electron chi connectivity index (χ2n) is 3.72. The van der Waals surface area contributed by atoms with Crippen molar-refractivity contribution in [2.45, 2.75) is 12.8 Å². The second-order valence-corrected chi connectivity index (χ2v) is 3.72. The lowest BCUT2D eigenvalue weighted by atomic mass is 10.0. The molecule has 82 valence electrons. The molecule has 0 saturated carbocycles. The fourth-order valence-electron chi connectivity index (χ4n) is 1.65. The SMILES string of the molecule is Fc1ccc(CCc2ccccc2)c(F)c1. The van der Waals surface area contributed by atoms with Gasteiger partial charge in [0, 0.05) is 6.07 Å². The number of hydrogen-bond donors (Lipinski definition) is 0. The average Bonchev–Trinajstić information content (AvgIpc) is 2.29. The van der Waals surface area contributed by atoms with E-state index in [2.05, 4.69) is 0 Å². The lowest BCUT2D eigenvalue weighted by Gasteiger charge is -2.03. The Bertz CT molecular complexity index is 463. The molecular formula is C14H12F2. The molecule has 0 amide bonds. The molecule has 0 N–H and O–H groups in total. The Hall–Kier alpha value is -1.70. The molecule has 2 aromatic carbocycles. The van der Waals surface area contributed by atoms with Crippen LogP contribution >= 0.6 is 0 Å². The van der Waals surface area contributed by atoms with Gasteiger partial charge in [-0.15, -0.1) is 0 Å². The Morgan fingerprint density at radius 1 is 0.812 bits per heavy atom. The summed E-state index contributed by atoms with van der Waals surface area (Å²) in [6.07, 6.45) is 1.36. The van der Waals surface area contributed by atoms with Gasteiger partial charge in [0.25, 0.3) is 0 Å². The first-order chi connectivity index (χ1) is 7.75. The van der Waals surface area contributed by atoms with E-state index in [-0.39, 0.29) is 0 Å². The first kappa shape index (κ1) is 10.8. The van der Waals surface area contributed by atoms with E-state index < -0.39 is 11.6 Å². The molecule has 2 heteroatoms. The van der Waals surface area contributed by atoms with E-state index in [4.69, 9.17) is 0 Å². The van der Waals surface area contributed by atoms with Crippen LogP contribution in [-0.4, -0.2) is 0 Å². The lowest BCUT2D eigenvalue weighted by molar-refractivity contribution is 0.571. The van der Waals surface area contributed by atoms with E-state index >= 15 is 0 Å². The quantitative estimate of drug-likeness (QED) is 0.736. The summed E-state index contributed by atoms with van der Waals surface area (Å²) in [6, 6.07) is 13.6. The van der Waals surface area contributed by atoms with Crippen LogP contribution in [0.4, 0.5) is 8.78 Å².